The molecule has 4 aliphatic rings. The first-order chi connectivity index (χ1) is 19.7. The minimum absolute atomic E-state index is 0.194. The maximum Gasteiger partial charge on any atom is 0.263 e. The average molecular weight is 515 g/mol. The molecule has 188 valence electrons. The Morgan fingerprint density at radius 1 is 0.450 bits per heavy atom. The summed E-state index contributed by atoms with van der Waals surface area (Å²) in [4.78, 5) is 31.0. The van der Waals surface area contributed by atoms with Gasteiger partial charge in [0.2, 0.25) is 0 Å². The van der Waals surface area contributed by atoms with Crippen molar-refractivity contribution in [2.24, 2.45) is 0 Å². The van der Waals surface area contributed by atoms with Crippen LogP contribution < -0.4 is 0 Å². The summed E-state index contributed by atoms with van der Waals surface area (Å²) in [7, 11) is 0. The van der Waals surface area contributed by atoms with E-state index in [0.29, 0.717) is 11.1 Å². The summed E-state index contributed by atoms with van der Waals surface area (Å²) in [6.45, 7) is 0. The van der Waals surface area contributed by atoms with Crippen LogP contribution in [0.15, 0.2) is 133 Å². The number of benzene rings is 4. The minimum Gasteiger partial charge on any atom is -0.283 e. The van der Waals surface area contributed by atoms with Gasteiger partial charge in [0.05, 0.1) is 22.5 Å². The van der Waals surface area contributed by atoms with Crippen molar-refractivity contribution in [1.82, 2.24) is 9.80 Å². The molecule has 0 fully saturated rings. The van der Waals surface area contributed by atoms with Crippen LogP contribution in [0.1, 0.15) is 22.3 Å². The molecule has 0 unspecified atom stereocenters. The van der Waals surface area contributed by atoms with Crippen LogP contribution in [0.5, 0.6) is 0 Å². The quantitative estimate of drug-likeness (QED) is 0.262. The van der Waals surface area contributed by atoms with Crippen LogP contribution in [0.4, 0.5) is 0 Å². The predicted octanol–water partition coefficient (Wildman–Crippen LogP) is 7.35. The fraction of sp³-hybridized carbons (Fsp3) is 0. The number of hydrogen-bond donors (Lipinski definition) is 0. The van der Waals surface area contributed by atoms with Crippen molar-refractivity contribution < 1.29 is 9.59 Å². The zero-order valence-electron chi connectivity index (χ0n) is 21.4. The maximum atomic E-state index is 13.8. The molecule has 4 heteroatoms. The summed E-state index contributed by atoms with van der Waals surface area (Å²) in [5.74, 6) is -0.388. The van der Waals surface area contributed by atoms with Crippen LogP contribution in [0.2, 0.25) is 0 Å². The number of carbonyl (C=O) groups is 2. The lowest BCUT2D eigenvalue weighted by molar-refractivity contribution is -0.123. The molecular weight excluding hydrogens is 492 g/mol. The van der Waals surface area contributed by atoms with Gasteiger partial charge in [0, 0.05) is 23.5 Å². The highest BCUT2D eigenvalue weighted by Gasteiger charge is 2.39. The van der Waals surface area contributed by atoms with Crippen molar-refractivity contribution in [2.75, 3.05) is 0 Å². The maximum absolute atomic E-state index is 13.8. The van der Waals surface area contributed by atoms with Crippen LogP contribution in [-0.2, 0) is 9.59 Å². The van der Waals surface area contributed by atoms with Gasteiger partial charge in [-0.2, -0.15) is 0 Å². The molecule has 40 heavy (non-hydrogen) atoms. The van der Waals surface area contributed by atoms with E-state index >= 15 is 0 Å². The van der Waals surface area contributed by atoms with E-state index in [2.05, 4.69) is 48.5 Å². The summed E-state index contributed by atoms with van der Waals surface area (Å²) in [5.41, 5.74) is 10.7. The molecule has 0 radical (unpaired) electrons. The second-order valence-electron chi connectivity index (χ2n) is 10.1. The van der Waals surface area contributed by atoms with E-state index in [1.807, 2.05) is 72.8 Å². The average Bonchev–Trinajstić information content (AvgIpc) is 3.53. The molecule has 8 rings (SSSR count). The van der Waals surface area contributed by atoms with E-state index < -0.39 is 0 Å². The van der Waals surface area contributed by atoms with Gasteiger partial charge in [-0.3, -0.25) is 19.4 Å². The van der Waals surface area contributed by atoms with Gasteiger partial charge in [-0.1, -0.05) is 97.1 Å². The van der Waals surface area contributed by atoms with E-state index in [9.17, 15) is 9.59 Å². The molecule has 0 aliphatic carbocycles. The van der Waals surface area contributed by atoms with Crippen LogP contribution >= 0.6 is 0 Å². The molecule has 4 aromatic rings. The second kappa shape index (κ2) is 8.52. The molecule has 4 aromatic carbocycles. The highest BCUT2D eigenvalue weighted by molar-refractivity contribution is 6.20. The molecule has 4 nitrogen and oxygen atoms in total. The van der Waals surface area contributed by atoms with Crippen LogP contribution in [-0.4, -0.2) is 21.6 Å². The van der Waals surface area contributed by atoms with Gasteiger partial charge in [-0.05, 0) is 57.7 Å². The van der Waals surface area contributed by atoms with Gasteiger partial charge in [0.15, 0.2) is 0 Å². The van der Waals surface area contributed by atoms with Crippen molar-refractivity contribution >= 4 is 35.4 Å². The van der Waals surface area contributed by atoms with Gasteiger partial charge in [0.25, 0.3) is 11.8 Å². The van der Waals surface area contributed by atoms with Gasteiger partial charge in [-0.25, -0.2) is 0 Å². The third kappa shape index (κ3) is 3.20. The number of fused-ring (bicyclic) bond motifs is 6. The molecule has 0 bridgehead atoms. The lowest BCUT2D eigenvalue weighted by Crippen LogP contribution is -2.25. The molecule has 0 N–H and O–H groups in total. The summed E-state index contributed by atoms with van der Waals surface area (Å²) in [6, 6.07) is 32.7. The van der Waals surface area contributed by atoms with Crippen molar-refractivity contribution in [3.05, 3.63) is 155 Å². The Bertz CT molecular complexity index is 1780. The Kier molecular flexibility index (Phi) is 4.79. The highest BCUT2D eigenvalue weighted by Crippen LogP contribution is 2.45. The van der Waals surface area contributed by atoms with Crippen molar-refractivity contribution in [3.8, 4) is 22.3 Å². The third-order valence-electron chi connectivity index (χ3n) is 7.95. The molecular formula is C36H22N2O2. The first-order valence-electron chi connectivity index (χ1n) is 13.3. The number of hydrogen-bond acceptors (Lipinski definition) is 2. The number of carbonyl (C=O) groups excluding carboxylic acids is 2. The standard InChI is InChI=1S/C36H22N2O2/c39-35-29(21-31-33-25(17-19-37(31)35)13-7-15-27(33)23-9-3-1-4-10-23)30-22-32-34-26(18-20-38(32)36(30)40)14-8-16-28(34)24-11-5-2-6-12-24/h1-22H/b30-29+. The topological polar surface area (TPSA) is 40.6 Å². The summed E-state index contributed by atoms with van der Waals surface area (Å²) >= 11 is 0. The Morgan fingerprint density at radius 2 is 0.875 bits per heavy atom. The fourth-order valence-corrected chi connectivity index (χ4v) is 6.10. The normalized spacial score (nSPS) is 18.3. The second-order valence-corrected chi connectivity index (χ2v) is 10.1. The number of nitrogens with zero attached hydrogens (tertiary/aromatic N) is 2. The van der Waals surface area contributed by atoms with Crippen LogP contribution in [0, 0.1) is 0 Å². The number of amides is 2. The lowest BCUT2D eigenvalue weighted by Gasteiger charge is -2.25. The first-order valence-corrected chi connectivity index (χ1v) is 13.3. The van der Waals surface area contributed by atoms with E-state index in [1.54, 1.807) is 22.2 Å². The predicted molar refractivity (Wildman–Crippen MR) is 158 cm³/mol. The summed E-state index contributed by atoms with van der Waals surface area (Å²) < 4.78 is 0. The number of rotatable bonds is 2. The first kappa shape index (κ1) is 22.5. The SMILES string of the molecule is O=C1/C(=C2\C=C3c4c(cccc4-c4ccccc4)C=CN3C2=O)C=C2c3c(cccc3-c3ccccc3)C=CN12. The molecule has 0 saturated heterocycles. The monoisotopic (exact) mass is 514 g/mol. The smallest absolute Gasteiger partial charge is 0.263 e. The minimum atomic E-state index is -0.194. The van der Waals surface area contributed by atoms with Crippen LogP contribution in [0.3, 0.4) is 0 Å². The molecule has 0 atom stereocenters. The van der Waals surface area contributed by atoms with Crippen molar-refractivity contribution in [1.29, 1.82) is 0 Å². The third-order valence-corrected chi connectivity index (χ3v) is 7.95. The van der Waals surface area contributed by atoms with E-state index in [0.717, 1.165) is 55.9 Å². The molecule has 0 spiro atoms. The Labute approximate surface area is 231 Å². The van der Waals surface area contributed by atoms with Crippen molar-refractivity contribution in [2.45, 2.75) is 0 Å². The fourth-order valence-electron chi connectivity index (χ4n) is 6.10. The van der Waals surface area contributed by atoms with Gasteiger partial charge in [0.1, 0.15) is 0 Å². The summed E-state index contributed by atoms with van der Waals surface area (Å²) in [6.07, 6.45) is 11.3. The summed E-state index contributed by atoms with van der Waals surface area (Å²) in [5, 5.41) is 0. The van der Waals surface area contributed by atoms with Gasteiger partial charge in [-0.15, -0.1) is 0 Å². The Hall–Kier alpha value is -5.48. The van der Waals surface area contributed by atoms with E-state index in [-0.39, 0.29) is 11.8 Å². The molecule has 4 heterocycles. The van der Waals surface area contributed by atoms with E-state index in [4.69, 9.17) is 0 Å². The molecule has 4 aliphatic heterocycles. The zero-order chi connectivity index (χ0) is 26.8. The van der Waals surface area contributed by atoms with E-state index in [1.165, 1.54) is 0 Å². The molecule has 0 saturated carbocycles. The van der Waals surface area contributed by atoms with Gasteiger partial charge < -0.3 is 0 Å². The van der Waals surface area contributed by atoms with Crippen molar-refractivity contribution in [3.63, 3.8) is 0 Å². The highest BCUT2D eigenvalue weighted by atomic mass is 16.2. The van der Waals surface area contributed by atoms with Crippen LogP contribution in [0.25, 0.3) is 45.8 Å². The molecule has 0 aromatic heterocycles. The Balaban J connectivity index is 1.31. The molecule has 2 amide bonds. The Morgan fingerprint density at radius 3 is 1.30 bits per heavy atom. The zero-order valence-corrected chi connectivity index (χ0v) is 21.4. The largest absolute Gasteiger partial charge is 0.283 e. The lowest BCUT2D eigenvalue weighted by atomic mass is 9.91. The van der Waals surface area contributed by atoms with Gasteiger partial charge >= 0.3 is 0 Å².